The lowest BCUT2D eigenvalue weighted by Gasteiger charge is -2.34. The third-order valence-electron chi connectivity index (χ3n) is 3.27. The van der Waals surface area contributed by atoms with Gasteiger partial charge < -0.3 is 10.2 Å². The molecule has 1 saturated heterocycles. The summed E-state index contributed by atoms with van der Waals surface area (Å²) in [6, 6.07) is 0.734. The number of nitrogens with zero attached hydrogens (tertiary/aromatic N) is 1. The molecular formula is C12H26N2. The predicted molar refractivity (Wildman–Crippen MR) is 62.6 cm³/mol. The third kappa shape index (κ3) is 3.97. The fraction of sp³-hybridized carbons (Fsp3) is 1.00. The van der Waals surface area contributed by atoms with Gasteiger partial charge in [-0.2, -0.15) is 0 Å². The maximum absolute atomic E-state index is 3.40. The summed E-state index contributed by atoms with van der Waals surface area (Å²) in [6.45, 7) is 8.53. The van der Waals surface area contributed by atoms with Crippen molar-refractivity contribution in [3.05, 3.63) is 0 Å². The smallest absolute Gasteiger partial charge is 0.0192 e. The molecule has 1 N–H and O–H groups in total. The van der Waals surface area contributed by atoms with Crippen LogP contribution in [0.25, 0.3) is 0 Å². The molecule has 0 aromatic carbocycles. The SMILES string of the molecule is CCCC(C)CN1CCCC(NC)C1. The lowest BCUT2D eigenvalue weighted by Crippen LogP contribution is -2.45. The molecule has 0 spiro atoms. The first-order valence-electron chi connectivity index (χ1n) is 6.15. The van der Waals surface area contributed by atoms with E-state index in [1.165, 1.54) is 45.3 Å². The Bertz CT molecular complexity index is 147. The average Bonchev–Trinajstić information content (AvgIpc) is 2.18. The molecule has 2 heteroatoms. The number of hydrogen-bond acceptors (Lipinski definition) is 2. The van der Waals surface area contributed by atoms with E-state index in [0.29, 0.717) is 0 Å². The van der Waals surface area contributed by atoms with Gasteiger partial charge >= 0.3 is 0 Å². The van der Waals surface area contributed by atoms with Gasteiger partial charge in [-0.3, -0.25) is 0 Å². The number of nitrogens with one attached hydrogen (secondary N) is 1. The molecule has 84 valence electrons. The van der Waals surface area contributed by atoms with Crippen molar-refractivity contribution in [2.75, 3.05) is 26.7 Å². The molecule has 0 saturated carbocycles. The Morgan fingerprint density at radius 2 is 2.29 bits per heavy atom. The largest absolute Gasteiger partial charge is 0.316 e. The summed E-state index contributed by atoms with van der Waals surface area (Å²) in [4.78, 5) is 2.63. The second-order valence-electron chi connectivity index (χ2n) is 4.78. The van der Waals surface area contributed by atoms with E-state index in [0.717, 1.165) is 12.0 Å². The number of rotatable bonds is 5. The molecule has 0 aromatic heterocycles. The molecule has 1 aliphatic rings. The maximum Gasteiger partial charge on any atom is 0.0192 e. The highest BCUT2D eigenvalue weighted by Gasteiger charge is 2.19. The van der Waals surface area contributed by atoms with Crippen LogP contribution < -0.4 is 5.32 Å². The first-order valence-corrected chi connectivity index (χ1v) is 6.15. The van der Waals surface area contributed by atoms with Crippen molar-refractivity contribution in [3.8, 4) is 0 Å². The van der Waals surface area contributed by atoms with Crippen LogP contribution in [0, 0.1) is 5.92 Å². The van der Waals surface area contributed by atoms with Gasteiger partial charge in [0, 0.05) is 19.1 Å². The van der Waals surface area contributed by atoms with Crippen molar-refractivity contribution >= 4 is 0 Å². The highest BCUT2D eigenvalue weighted by atomic mass is 15.2. The predicted octanol–water partition coefficient (Wildman–Crippen LogP) is 2.11. The van der Waals surface area contributed by atoms with Gasteiger partial charge in [0.2, 0.25) is 0 Å². The van der Waals surface area contributed by atoms with E-state index in [4.69, 9.17) is 0 Å². The lowest BCUT2D eigenvalue weighted by molar-refractivity contribution is 0.170. The van der Waals surface area contributed by atoms with Crippen molar-refractivity contribution in [2.24, 2.45) is 5.92 Å². The van der Waals surface area contributed by atoms with Gasteiger partial charge in [0.05, 0.1) is 0 Å². The van der Waals surface area contributed by atoms with Crippen molar-refractivity contribution in [1.82, 2.24) is 10.2 Å². The van der Waals surface area contributed by atoms with Crippen molar-refractivity contribution < 1.29 is 0 Å². The van der Waals surface area contributed by atoms with E-state index < -0.39 is 0 Å². The van der Waals surface area contributed by atoms with Crippen LogP contribution in [-0.2, 0) is 0 Å². The van der Waals surface area contributed by atoms with Crippen molar-refractivity contribution in [3.63, 3.8) is 0 Å². The molecule has 1 aliphatic heterocycles. The summed E-state index contributed by atoms with van der Waals surface area (Å²) in [5, 5.41) is 3.40. The molecule has 1 rings (SSSR count). The van der Waals surface area contributed by atoms with Crippen LogP contribution in [0.4, 0.5) is 0 Å². The Morgan fingerprint density at radius 3 is 2.93 bits per heavy atom. The van der Waals surface area contributed by atoms with Gasteiger partial charge in [0.1, 0.15) is 0 Å². The Morgan fingerprint density at radius 1 is 1.50 bits per heavy atom. The maximum atomic E-state index is 3.40. The van der Waals surface area contributed by atoms with Gasteiger partial charge in [-0.25, -0.2) is 0 Å². The number of likely N-dealkylation sites (N-methyl/N-ethyl adjacent to an activating group) is 1. The Balaban J connectivity index is 2.22. The molecule has 0 radical (unpaired) electrons. The van der Waals surface area contributed by atoms with Crippen LogP contribution in [0.5, 0.6) is 0 Å². The van der Waals surface area contributed by atoms with E-state index in [-0.39, 0.29) is 0 Å². The van der Waals surface area contributed by atoms with Gasteiger partial charge in [0.15, 0.2) is 0 Å². The monoisotopic (exact) mass is 198 g/mol. The number of hydrogen-bond donors (Lipinski definition) is 1. The normalized spacial score (nSPS) is 26.4. The van der Waals surface area contributed by atoms with Crippen LogP contribution in [0.1, 0.15) is 39.5 Å². The fourth-order valence-electron chi connectivity index (χ4n) is 2.48. The highest BCUT2D eigenvalue weighted by Crippen LogP contribution is 2.13. The molecule has 14 heavy (non-hydrogen) atoms. The third-order valence-corrected chi connectivity index (χ3v) is 3.27. The molecule has 2 unspecified atom stereocenters. The van der Waals surface area contributed by atoms with E-state index in [2.05, 4.69) is 31.1 Å². The second kappa shape index (κ2) is 6.41. The van der Waals surface area contributed by atoms with Crippen LogP contribution in [0.3, 0.4) is 0 Å². The van der Waals surface area contributed by atoms with E-state index in [9.17, 15) is 0 Å². The first kappa shape index (κ1) is 12.0. The van der Waals surface area contributed by atoms with Crippen molar-refractivity contribution in [2.45, 2.75) is 45.6 Å². The topological polar surface area (TPSA) is 15.3 Å². The van der Waals surface area contributed by atoms with Gasteiger partial charge in [0.25, 0.3) is 0 Å². The zero-order valence-electron chi connectivity index (χ0n) is 10.1. The molecule has 0 aliphatic carbocycles. The molecular weight excluding hydrogens is 172 g/mol. The lowest BCUT2D eigenvalue weighted by atomic mass is 10.0. The first-order chi connectivity index (χ1) is 6.76. The summed E-state index contributed by atoms with van der Waals surface area (Å²) in [7, 11) is 2.09. The molecule has 2 atom stereocenters. The van der Waals surface area contributed by atoms with Crippen LogP contribution in [-0.4, -0.2) is 37.6 Å². The summed E-state index contributed by atoms with van der Waals surface area (Å²) in [6.07, 6.45) is 5.42. The molecule has 0 aromatic rings. The standard InChI is InChI=1S/C12H26N2/c1-4-6-11(2)9-14-8-5-7-12(10-14)13-3/h11-13H,4-10H2,1-3H3. The Hall–Kier alpha value is -0.0800. The minimum atomic E-state index is 0.734. The second-order valence-corrected chi connectivity index (χ2v) is 4.78. The van der Waals surface area contributed by atoms with E-state index in [1.807, 2.05) is 0 Å². The number of piperidine rings is 1. The zero-order chi connectivity index (χ0) is 10.4. The summed E-state index contributed by atoms with van der Waals surface area (Å²) in [5.41, 5.74) is 0. The van der Waals surface area contributed by atoms with Crippen LogP contribution in [0.15, 0.2) is 0 Å². The molecule has 1 fully saturated rings. The number of likely N-dealkylation sites (tertiary alicyclic amines) is 1. The molecule has 2 nitrogen and oxygen atoms in total. The van der Waals surface area contributed by atoms with Crippen LogP contribution >= 0.6 is 0 Å². The highest BCUT2D eigenvalue weighted by molar-refractivity contribution is 4.77. The van der Waals surface area contributed by atoms with Gasteiger partial charge in [-0.15, -0.1) is 0 Å². The van der Waals surface area contributed by atoms with Crippen LogP contribution in [0.2, 0.25) is 0 Å². The minimum absolute atomic E-state index is 0.734. The fourth-order valence-corrected chi connectivity index (χ4v) is 2.48. The summed E-state index contributed by atoms with van der Waals surface area (Å²) < 4.78 is 0. The summed E-state index contributed by atoms with van der Waals surface area (Å²) >= 11 is 0. The Kier molecular flexibility index (Phi) is 5.49. The van der Waals surface area contributed by atoms with Gasteiger partial charge in [-0.1, -0.05) is 20.3 Å². The minimum Gasteiger partial charge on any atom is -0.316 e. The Labute approximate surface area is 89.1 Å². The van der Waals surface area contributed by atoms with E-state index in [1.54, 1.807) is 0 Å². The zero-order valence-corrected chi connectivity index (χ0v) is 10.1. The summed E-state index contributed by atoms with van der Waals surface area (Å²) in [5.74, 6) is 0.871. The van der Waals surface area contributed by atoms with Gasteiger partial charge in [-0.05, 0) is 38.8 Å². The quantitative estimate of drug-likeness (QED) is 0.728. The average molecular weight is 198 g/mol. The molecule has 0 bridgehead atoms. The molecule has 1 heterocycles. The molecule has 0 amide bonds. The van der Waals surface area contributed by atoms with E-state index >= 15 is 0 Å². The van der Waals surface area contributed by atoms with Crippen molar-refractivity contribution in [1.29, 1.82) is 0 Å².